The van der Waals surface area contributed by atoms with Crippen LogP contribution in [-0.4, -0.2) is 11.2 Å². The van der Waals surface area contributed by atoms with Crippen LogP contribution in [0.5, 0.6) is 0 Å². The molecule has 11 heavy (non-hydrogen) atoms. The van der Waals surface area contributed by atoms with Crippen LogP contribution in [0.2, 0.25) is 0 Å². The van der Waals surface area contributed by atoms with Gasteiger partial charge in [0.1, 0.15) is 0 Å². The summed E-state index contributed by atoms with van der Waals surface area (Å²) in [5, 5.41) is 9.65. The minimum Gasteiger partial charge on any atom is -0.392 e. The summed E-state index contributed by atoms with van der Waals surface area (Å²) in [4.78, 5) is 0. The molecular weight excluding hydrogens is 136 g/mol. The molecule has 0 amide bonds. The molecule has 2 atom stereocenters. The van der Waals surface area contributed by atoms with E-state index in [1.807, 2.05) is 0 Å². The lowest BCUT2D eigenvalue weighted by Gasteiger charge is -2.31. The van der Waals surface area contributed by atoms with Gasteiger partial charge in [0.25, 0.3) is 0 Å². The molecule has 0 aromatic carbocycles. The van der Waals surface area contributed by atoms with Crippen molar-refractivity contribution < 1.29 is 5.11 Å². The van der Waals surface area contributed by atoms with E-state index in [4.69, 9.17) is 0 Å². The van der Waals surface area contributed by atoms with Gasteiger partial charge < -0.3 is 5.11 Å². The second kappa shape index (κ2) is 3.40. The Balaban J connectivity index is 2.50. The van der Waals surface area contributed by atoms with Gasteiger partial charge in [-0.1, -0.05) is 26.0 Å². The molecule has 64 valence electrons. The van der Waals surface area contributed by atoms with Crippen molar-refractivity contribution >= 4 is 0 Å². The van der Waals surface area contributed by atoms with Gasteiger partial charge in [-0.3, -0.25) is 0 Å². The fourth-order valence-electron chi connectivity index (χ4n) is 1.89. The van der Waals surface area contributed by atoms with E-state index in [9.17, 15) is 5.11 Å². The zero-order valence-electron chi connectivity index (χ0n) is 7.51. The second-order valence-electron chi connectivity index (χ2n) is 3.97. The zero-order valence-corrected chi connectivity index (χ0v) is 7.51. The second-order valence-corrected chi connectivity index (χ2v) is 3.97. The molecule has 1 aliphatic carbocycles. The van der Waals surface area contributed by atoms with Crippen molar-refractivity contribution in [1.82, 2.24) is 0 Å². The van der Waals surface area contributed by atoms with Crippen molar-refractivity contribution in [3.8, 4) is 0 Å². The Morgan fingerprint density at radius 1 is 1.55 bits per heavy atom. The largest absolute Gasteiger partial charge is 0.392 e. The highest BCUT2D eigenvalue weighted by molar-refractivity contribution is 5.02. The first-order valence-corrected chi connectivity index (χ1v) is 4.46. The maximum atomic E-state index is 9.65. The summed E-state index contributed by atoms with van der Waals surface area (Å²) in [6.07, 6.45) is 2.93. The molecule has 1 fully saturated rings. The van der Waals surface area contributed by atoms with Gasteiger partial charge in [0, 0.05) is 0 Å². The van der Waals surface area contributed by atoms with Crippen LogP contribution in [0.3, 0.4) is 0 Å². The summed E-state index contributed by atoms with van der Waals surface area (Å²) < 4.78 is 0. The van der Waals surface area contributed by atoms with Crippen LogP contribution in [0.1, 0.15) is 33.1 Å². The molecule has 0 unspecified atom stereocenters. The summed E-state index contributed by atoms with van der Waals surface area (Å²) >= 11 is 0. The first kappa shape index (κ1) is 8.79. The van der Waals surface area contributed by atoms with Crippen LogP contribution in [0, 0.1) is 11.8 Å². The Hall–Kier alpha value is -0.300. The molecule has 1 nitrogen and oxygen atoms in total. The third-order valence-electron chi connectivity index (χ3n) is 2.68. The Morgan fingerprint density at radius 3 is 2.64 bits per heavy atom. The van der Waals surface area contributed by atoms with Gasteiger partial charge in [-0.05, 0) is 31.1 Å². The lowest BCUT2D eigenvalue weighted by atomic mass is 9.78. The summed E-state index contributed by atoms with van der Waals surface area (Å²) in [5.41, 5.74) is 1.22. The highest BCUT2D eigenvalue weighted by Crippen LogP contribution is 2.32. The van der Waals surface area contributed by atoms with E-state index in [0.29, 0.717) is 11.8 Å². The predicted octanol–water partition coefficient (Wildman–Crippen LogP) is 2.36. The van der Waals surface area contributed by atoms with E-state index in [2.05, 4.69) is 20.4 Å². The smallest absolute Gasteiger partial charge is 0.0607 e. The fourth-order valence-corrected chi connectivity index (χ4v) is 1.89. The molecule has 1 rings (SSSR count). The number of hydrogen-bond acceptors (Lipinski definition) is 1. The topological polar surface area (TPSA) is 20.2 Å². The van der Waals surface area contributed by atoms with Crippen LogP contribution in [-0.2, 0) is 0 Å². The molecule has 1 N–H and O–H groups in total. The average Bonchev–Trinajstić information content (AvgIpc) is 1.85. The van der Waals surface area contributed by atoms with E-state index >= 15 is 0 Å². The van der Waals surface area contributed by atoms with Gasteiger partial charge >= 0.3 is 0 Å². The predicted molar refractivity (Wildman–Crippen MR) is 47.3 cm³/mol. The standard InChI is InChI=1S/C10H18O/c1-7(2)9-5-4-8(3)6-10(9)11/h7,9-11H,3-6H2,1-2H3/t9-,10-/m0/s1. The van der Waals surface area contributed by atoms with Gasteiger partial charge in [0.05, 0.1) is 6.10 Å². The van der Waals surface area contributed by atoms with Crippen LogP contribution in [0.4, 0.5) is 0 Å². The molecule has 1 heteroatoms. The first-order chi connectivity index (χ1) is 5.11. The molecule has 0 heterocycles. The maximum Gasteiger partial charge on any atom is 0.0607 e. The maximum absolute atomic E-state index is 9.65. The molecule has 1 aliphatic rings. The van der Waals surface area contributed by atoms with E-state index in [-0.39, 0.29) is 6.10 Å². The van der Waals surface area contributed by atoms with Crippen LogP contribution in [0.25, 0.3) is 0 Å². The highest BCUT2D eigenvalue weighted by Gasteiger charge is 2.26. The minimum atomic E-state index is -0.128. The molecule has 1 saturated carbocycles. The molecule has 0 saturated heterocycles. The van der Waals surface area contributed by atoms with E-state index in [1.165, 1.54) is 5.57 Å². The van der Waals surface area contributed by atoms with Crippen molar-refractivity contribution in [2.24, 2.45) is 11.8 Å². The number of aliphatic hydroxyl groups excluding tert-OH is 1. The van der Waals surface area contributed by atoms with E-state index < -0.39 is 0 Å². The summed E-state index contributed by atoms with van der Waals surface area (Å²) in [6.45, 7) is 8.26. The lowest BCUT2D eigenvalue weighted by Crippen LogP contribution is -2.29. The normalized spacial score (nSPS) is 32.9. The quantitative estimate of drug-likeness (QED) is 0.575. The molecule has 0 spiro atoms. The SMILES string of the molecule is C=C1CC[C@@H](C(C)C)[C@@H](O)C1. The summed E-state index contributed by atoms with van der Waals surface area (Å²) in [7, 11) is 0. The van der Waals surface area contributed by atoms with Crippen molar-refractivity contribution in [3.63, 3.8) is 0 Å². The number of hydrogen-bond donors (Lipinski definition) is 1. The molecule has 0 aromatic rings. The van der Waals surface area contributed by atoms with Gasteiger partial charge in [-0.15, -0.1) is 0 Å². The monoisotopic (exact) mass is 154 g/mol. The Morgan fingerprint density at radius 2 is 2.18 bits per heavy atom. The molecule has 0 aliphatic heterocycles. The van der Waals surface area contributed by atoms with Gasteiger partial charge in [0.15, 0.2) is 0 Å². The molecule has 0 aromatic heterocycles. The van der Waals surface area contributed by atoms with Crippen LogP contribution >= 0.6 is 0 Å². The van der Waals surface area contributed by atoms with Crippen LogP contribution in [0.15, 0.2) is 12.2 Å². The molecule has 0 bridgehead atoms. The van der Waals surface area contributed by atoms with E-state index in [1.54, 1.807) is 0 Å². The zero-order chi connectivity index (χ0) is 8.43. The van der Waals surface area contributed by atoms with E-state index in [0.717, 1.165) is 19.3 Å². The van der Waals surface area contributed by atoms with Gasteiger partial charge in [-0.25, -0.2) is 0 Å². The van der Waals surface area contributed by atoms with Crippen molar-refractivity contribution in [1.29, 1.82) is 0 Å². The van der Waals surface area contributed by atoms with Gasteiger partial charge in [0.2, 0.25) is 0 Å². The average molecular weight is 154 g/mol. The summed E-state index contributed by atoms with van der Waals surface area (Å²) in [6, 6.07) is 0. The van der Waals surface area contributed by atoms with Gasteiger partial charge in [-0.2, -0.15) is 0 Å². The van der Waals surface area contributed by atoms with Crippen LogP contribution < -0.4 is 0 Å². The Labute approximate surface area is 69.1 Å². The Kier molecular flexibility index (Phi) is 2.72. The number of aliphatic hydroxyl groups is 1. The fraction of sp³-hybridized carbons (Fsp3) is 0.800. The minimum absolute atomic E-state index is 0.128. The third-order valence-corrected chi connectivity index (χ3v) is 2.68. The number of rotatable bonds is 1. The first-order valence-electron chi connectivity index (χ1n) is 4.46. The van der Waals surface area contributed by atoms with Crippen molar-refractivity contribution in [2.75, 3.05) is 0 Å². The van der Waals surface area contributed by atoms with Crippen molar-refractivity contribution in [3.05, 3.63) is 12.2 Å². The highest BCUT2D eigenvalue weighted by atomic mass is 16.3. The lowest BCUT2D eigenvalue weighted by molar-refractivity contribution is 0.0627. The van der Waals surface area contributed by atoms with Crippen molar-refractivity contribution in [2.45, 2.75) is 39.2 Å². The molecular formula is C10H18O. The summed E-state index contributed by atoms with van der Waals surface area (Å²) in [5.74, 6) is 1.11. The molecule has 0 radical (unpaired) electrons. The third kappa shape index (κ3) is 2.06. The Bertz CT molecular complexity index is 149.